The van der Waals surface area contributed by atoms with E-state index in [0.29, 0.717) is 6.54 Å². The van der Waals surface area contributed by atoms with E-state index in [0.717, 1.165) is 19.0 Å². The first-order valence-corrected chi connectivity index (χ1v) is 9.14. The van der Waals surface area contributed by atoms with Crippen LogP contribution in [0, 0.1) is 0 Å². The van der Waals surface area contributed by atoms with Gasteiger partial charge in [0.05, 0.1) is 6.54 Å². The monoisotopic (exact) mass is 319 g/mol. The highest BCUT2D eigenvalue weighted by molar-refractivity contribution is 7.98. The number of hydrogen-bond acceptors (Lipinski definition) is 3. The predicted octanol–water partition coefficient (Wildman–Crippen LogP) is 3.73. The van der Waals surface area contributed by atoms with Gasteiger partial charge in [-0.15, -0.1) is 11.8 Å². The molecule has 2 aromatic rings. The van der Waals surface area contributed by atoms with E-state index in [-0.39, 0.29) is 0 Å². The van der Waals surface area contributed by atoms with Crippen molar-refractivity contribution in [2.75, 3.05) is 12.8 Å². The van der Waals surface area contributed by atoms with Crippen molar-refractivity contribution in [3.05, 3.63) is 52.2 Å². The van der Waals surface area contributed by atoms with Crippen LogP contribution in [-0.4, -0.2) is 18.8 Å². The molecule has 1 aromatic heterocycles. The molecule has 0 spiro atoms. The summed E-state index contributed by atoms with van der Waals surface area (Å²) in [6.07, 6.45) is 2.09. The summed E-state index contributed by atoms with van der Waals surface area (Å²) in [5.74, 6) is 0.859. The fraction of sp³-hybridized carbons (Fsp3) is 0.312. The fourth-order valence-electron chi connectivity index (χ4n) is 1.82. The SMILES string of the molecule is CCNC(=NCc1ccsc1)NCc1ccc(SC)cc1. The molecular weight excluding hydrogens is 298 g/mol. The van der Waals surface area contributed by atoms with Crippen molar-refractivity contribution < 1.29 is 0 Å². The van der Waals surface area contributed by atoms with Gasteiger partial charge in [-0.2, -0.15) is 11.3 Å². The summed E-state index contributed by atoms with van der Waals surface area (Å²) in [5, 5.41) is 10.9. The standard InChI is InChI=1S/C16H21N3S2/c1-3-17-16(19-11-14-8-9-21-12-14)18-10-13-4-6-15(20-2)7-5-13/h4-9,12H,3,10-11H2,1-2H3,(H2,17,18,19). The van der Waals surface area contributed by atoms with Gasteiger partial charge in [0.15, 0.2) is 5.96 Å². The number of nitrogens with zero attached hydrogens (tertiary/aromatic N) is 1. The average molecular weight is 319 g/mol. The number of hydrogen-bond donors (Lipinski definition) is 2. The van der Waals surface area contributed by atoms with E-state index in [1.807, 2.05) is 0 Å². The van der Waals surface area contributed by atoms with Gasteiger partial charge >= 0.3 is 0 Å². The van der Waals surface area contributed by atoms with E-state index in [1.165, 1.54) is 16.0 Å². The van der Waals surface area contributed by atoms with Crippen molar-refractivity contribution >= 4 is 29.1 Å². The summed E-state index contributed by atoms with van der Waals surface area (Å²) < 4.78 is 0. The summed E-state index contributed by atoms with van der Waals surface area (Å²) >= 11 is 3.47. The molecule has 1 aromatic carbocycles. The number of aliphatic imine (C=N–C) groups is 1. The van der Waals surface area contributed by atoms with E-state index in [9.17, 15) is 0 Å². The zero-order valence-corrected chi connectivity index (χ0v) is 14.1. The summed E-state index contributed by atoms with van der Waals surface area (Å²) in [6.45, 7) is 4.43. The molecule has 0 aliphatic rings. The molecule has 0 atom stereocenters. The average Bonchev–Trinajstić information content (AvgIpc) is 3.04. The smallest absolute Gasteiger partial charge is 0.191 e. The van der Waals surface area contributed by atoms with Gasteiger partial charge in [0.1, 0.15) is 0 Å². The van der Waals surface area contributed by atoms with Gasteiger partial charge in [0, 0.05) is 18.0 Å². The van der Waals surface area contributed by atoms with Gasteiger partial charge in [-0.3, -0.25) is 0 Å². The number of rotatable bonds is 6. The van der Waals surface area contributed by atoms with Crippen LogP contribution >= 0.6 is 23.1 Å². The molecule has 0 fully saturated rings. The zero-order valence-electron chi connectivity index (χ0n) is 12.4. The number of thioether (sulfide) groups is 1. The molecule has 0 aliphatic carbocycles. The van der Waals surface area contributed by atoms with Gasteiger partial charge in [-0.25, -0.2) is 4.99 Å². The molecule has 5 heteroatoms. The molecule has 21 heavy (non-hydrogen) atoms. The lowest BCUT2D eigenvalue weighted by atomic mass is 10.2. The summed E-state index contributed by atoms with van der Waals surface area (Å²) in [4.78, 5) is 5.89. The predicted molar refractivity (Wildman–Crippen MR) is 94.2 cm³/mol. The second kappa shape index (κ2) is 8.74. The van der Waals surface area contributed by atoms with Crippen LogP contribution in [0.4, 0.5) is 0 Å². The van der Waals surface area contributed by atoms with Crippen LogP contribution < -0.4 is 10.6 Å². The third-order valence-electron chi connectivity index (χ3n) is 2.96. The van der Waals surface area contributed by atoms with Gasteiger partial charge in [-0.1, -0.05) is 12.1 Å². The first-order valence-electron chi connectivity index (χ1n) is 6.98. The molecule has 0 radical (unpaired) electrons. The normalized spacial score (nSPS) is 11.4. The van der Waals surface area contributed by atoms with Crippen molar-refractivity contribution in [3.8, 4) is 0 Å². The Hall–Kier alpha value is -1.46. The minimum atomic E-state index is 0.713. The Morgan fingerprint density at radius 2 is 1.95 bits per heavy atom. The molecule has 1 heterocycles. The summed E-state index contributed by atoms with van der Waals surface area (Å²) in [6, 6.07) is 10.7. The molecule has 0 saturated carbocycles. The maximum Gasteiger partial charge on any atom is 0.191 e. The van der Waals surface area contributed by atoms with Crippen molar-refractivity contribution in [2.45, 2.75) is 24.9 Å². The minimum Gasteiger partial charge on any atom is -0.357 e. The van der Waals surface area contributed by atoms with Crippen LogP contribution in [0.2, 0.25) is 0 Å². The Labute approximate surface area is 134 Å². The number of guanidine groups is 1. The van der Waals surface area contributed by atoms with E-state index in [1.54, 1.807) is 23.1 Å². The van der Waals surface area contributed by atoms with Crippen molar-refractivity contribution in [2.24, 2.45) is 4.99 Å². The Kier molecular flexibility index (Phi) is 6.63. The molecule has 112 valence electrons. The highest BCUT2D eigenvalue weighted by Crippen LogP contribution is 2.14. The Balaban J connectivity index is 1.90. The van der Waals surface area contributed by atoms with Crippen LogP contribution in [0.25, 0.3) is 0 Å². The van der Waals surface area contributed by atoms with Gasteiger partial charge in [0.2, 0.25) is 0 Å². The molecule has 0 amide bonds. The van der Waals surface area contributed by atoms with Crippen LogP contribution in [0.5, 0.6) is 0 Å². The Bertz CT molecular complexity index is 547. The number of benzene rings is 1. The summed E-state index contributed by atoms with van der Waals surface area (Å²) in [5.41, 5.74) is 2.51. The highest BCUT2D eigenvalue weighted by atomic mass is 32.2. The van der Waals surface area contributed by atoms with E-state index in [2.05, 4.69) is 69.9 Å². The third-order valence-corrected chi connectivity index (χ3v) is 4.44. The maximum absolute atomic E-state index is 4.60. The second-order valence-corrected chi connectivity index (χ2v) is 6.19. The van der Waals surface area contributed by atoms with Gasteiger partial charge in [0.25, 0.3) is 0 Å². The third kappa shape index (κ3) is 5.44. The number of thiophene rings is 1. The fourth-order valence-corrected chi connectivity index (χ4v) is 2.89. The van der Waals surface area contributed by atoms with Crippen LogP contribution in [0.3, 0.4) is 0 Å². The minimum absolute atomic E-state index is 0.713. The lowest BCUT2D eigenvalue weighted by molar-refractivity contribution is 0.816. The molecule has 2 N–H and O–H groups in total. The lowest BCUT2D eigenvalue weighted by Crippen LogP contribution is -2.36. The van der Waals surface area contributed by atoms with Gasteiger partial charge < -0.3 is 10.6 Å². The van der Waals surface area contributed by atoms with E-state index < -0.39 is 0 Å². The molecular formula is C16H21N3S2. The second-order valence-electron chi connectivity index (χ2n) is 4.53. The molecule has 0 unspecified atom stereocenters. The first kappa shape index (κ1) is 15.9. The maximum atomic E-state index is 4.60. The van der Waals surface area contributed by atoms with Crippen LogP contribution in [-0.2, 0) is 13.1 Å². The molecule has 3 nitrogen and oxygen atoms in total. The lowest BCUT2D eigenvalue weighted by Gasteiger charge is -2.11. The molecule has 2 rings (SSSR count). The topological polar surface area (TPSA) is 36.4 Å². The van der Waals surface area contributed by atoms with Crippen molar-refractivity contribution in [3.63, 3.8) is 0 Å². The van der Waals surface area contributed by atoms with Crippen molar-refractivity contribution in [1.29, 1.82) is 0 Å². The molecule has 0 saturated heterocycles. The van der Waals surface area contributed by atoms with Gasteiger partial charge in [-0.05, 0) is 53.3 Å². The van der Waals surface area contributed by atoms with E-state index >= 15 is 0 Å². The first-order chi connectivity index (χ1) is 10.3. The van der Waals surface area contributed by atoms with E-state index in [4.69, 9.17) is 0 Å². The number of nitrogens with one attached hydrogen (secondary N) is 2. The summed E-state index contributed by atoms with van der Waals surface area (Å²) in [7, 11) is 0. The van der Waals surface area contributed by atoms with Crippen molar-refractivity contribution in [1.82, 2.24) is 10.6 Å². The van der Waals surface area contributed by atoms with Crippen LogP contribution in [0.15, 0.2) is 51.0 Å². The highest BCUT2D eigenvalue weighted by Gasteiger charge is 1.99. The van der Waals surface area contributed by atoms with Crippen LogP contribution in [0.1, 0.15) is 18.1 Å². The zero-order chi connectivity index (χ0) is 14.9. The Morgan fingerprint density at radius 1 is 1.14 bits per heavy atom. The Morgan fingerprint density at radius 3 is 2.57 bits per heavy atom. The molecule has 0 aliphatic heterocycles. The largest absolute Gasteiger partial charge is 0.357 e. The quantitative estimate of drug-likeness (QED) is 0.484. The molecule has 0 bridgehead atoms.